The van der Waals surface area contributed by atoms with Crippen LogP contribution < -0.4 is 15.5 Å². The van der Waals surface area contributed by atoms with Gasteiger partial charge in [0.1, 0.15) is 5.60 Å². The zero-order chi connectivity index (χ0) is 26.0. The number of anilines is 1. The molecule has 3 amide bonds. The van der Waals surface area contributed by atoms with Gasteiger partial charge < -0.3 is 25.2 Å². The van der Waals surface area contributed by atoms with Gasteiger partial charge in [-0.15, -0.1) is 0 Å². The zero-order valence-electron chi connectivity index (χ0n) is 22.4. The number of hydrogen-bond donors (Lipinski definition) is 2. The Labute approximate surface area is 215 Å². The van der Waals surface area contributed by atoms with E-state index in [0.29, 0.717) is 25.6 Å². The van der Waals surface area contributed by atoms with Gasteiger partial charge in [-0.1, -0.05) is 25.1 Å². The number of nitrogens with zero attached hydrogens (tertiary/aromatic N) is 2. The number of benzene rings is 1. The minimum Gasteiger partial charge on any atom is -0.444 e. The van der Waals surface area contributed by atoms with E-state index in [-0.39, 0.29) is 35.9 Å². The Kier molecular flexibility index (Phi) is 7.93. The van der Waals surface area contributed by atoms with Gasteiger partial charge >= 0.3 is 6.09 Å². The Bertz CT molecular complexity index is 961. The van der Waals surface area contributed by atoms with Gasteiger partial charge in [-0.05, 0) is 71.4 Å². The molecule has 0 radical (unpaired) electrons. The molecule has 2 atom stereocenters. The predicted molar refractivity (Wildman–Crippen MR) is 140 cm³/mol. The standard InChI is InChI=1S/C28H42N4O4/c1-6-25(33)32-18(2)15-23(22-9-7-8-10-24(22)32)29-20-13-11-19(12-14-20)26(34)31-16-21(17-31)30-27(35)36-28(3,4)5/h7-10,18-21,23,29H,6,11-17H2,1-5H3,(H,30,35)/t18-,19?,20?,23+/m0/s1. The van der Waals surface area contributed by atoms with Gasteiger partial charge in [-0.3, -0.25) is 9.59 Å². The van der Waals surface area contributed by atoms with Crippen LogP contribution in [0.3, 0.4) is 0 Å². The molecular formula is C28H42N4O4. The number of rotatable bonds is 5. The lowest BCUT2D eigenvalue weighted by Crippen LogP contribution is -2.62. The first-order valence-electron chi connectivity index (χ1n) is 13.5. The van der Waals surface area contributed by atoms with Crippen molar-refractivity contribution in [2.75, 3.05) is 18.0 Å². The lowest BCUT2D eigenvalue weighted by molar-refractivity contribution is -0.141. The molecule has 1 saturated carbocycles. The molecule has 4 rings (SSSR count). The maximum atomic E-state index is 13.0. The van der Waals surface area contributed by atoms with E-state index in [4.69, 9.17) is 4.74 Å². The molecule has 1 aromatic rings. The van der Waals surface area contributed by atoms with E-state index in [1.807, 2.05) is 49.6 Å². The second kappa shape index (κ2) is 10.8. The molecule has 2 aliphatic heterocycles. The quantitative estimate of drug-likeness (QED) is 0.637. The van der Waals surface area contributed by atoms with Crippen molar-refractivity contribution in [2.45, 2.75) is 103 Å². The summed E-state index contributed by atoms with van der Waals surface area (Å²) in [5, 5.41) is 6.71. The summed E-state index contributed by atoms with van der Waals surface area (Å²) in [5.41, 5.74) is 1.69. The van der Waals surface area contributed by atoms with Crippen LogP contribution in [-0.2, 0) is 14.3 Å². The third-order valence-electron chi connectivity index (χ3n) is 7.59. The van der Waals surface area contributed by atoms with Crippen molar-refractivity contribution in [3.8, 4) is 0 Å². The number of alkyl carbamates (subject to hydrolysis) is 1. The van der Waals surface area contributed by atoms with Crippen LogP contribution in [0.25, 0.3) is 0 Å². The molecule has 2 heterocycles. The van der Waals surface area contributed by atoms with Crippen molar-refractivity contribution in [1.29, 1.82) is 0 Å². The number of amides is 3. The maximum Gasteiger partial charge on any atom is 0.407 e. The molecule has 0 spiro atoms. The van der Waals surface area contributed by atoms with Crippen LogP contribution >= 0.6 is 0 Å². The summed E-state index contributed by atoms with van der Waals surface area (Å²) in [6.45, 7) is 10.7. The average molecular weight is 499 g/mol. The van der Waals surface area contributed by atoms with E-state index in [2.05, 4.69) is 29.7 Å². The number of para-hydroxylation sites is 1. The Hall–Kier alpha value is -2.61. The molecule has 8 heteroatoms. The highest BCUT2D eigenvalue weighted by atomic mass is 16.6. The van der Waals surface area contributed by atoms with E-state index >= 15 is 0 Å². The second-order valence-corrected chi connectivity index (χ2v) is 11.6. The number of fused-ring (bicyclic) bond motifs is 1. The molecule has 1 aromatic carbocycles. The summed E-state index contributed by atoms with van der Waals surface area (Å²) in [4.78, 5) is 41.3. The van der Waals surface area contributed by atoms with E-state index < -0.39 is 11.7 Å². The van der Waals surface area contributed by atoms with Crippen molar-refractivity contribution in [3.05, 3.63) is 29.8 Å². The maximum absolute atomic E-state index is 13.0. The summed E-state index contributed by atoms with van der Waals surface area (Å²) in [6.07, 6.45) is 4.66. The molecule has 2 N–H and O–H groups in total. The fourth-order valence-corrected chi connectivity index (χ4v) is 5.79. The molecule has 36 heavy (non-hydrogen) atoms. The molecule has 0 bridgehead atoms. The van der Waals surface area contributed by atoms with Crippen molar-refractivity contribution >= 4 is 23.6 Å². The molecule has 2 fully saturated rings. The number of hydrogen-bond acceptors (Lipinski definition) is 5. The van der Waals surface area contributed by atoms with Crippen LogP contribution in [0.15, 0.2) is 24.3 Å². The smallest absolute Gasteiger partial charge is 0.407 e. The van der Waals surface area contributed by atoms with Gasteiger partial charge in [0.15, 0.2) is 0 Å². The first kappa shape index (κ1) is 26.5. The topological polar surface area (TPSA) is 91.0 Å². The van der Waals surface area contributed by atoms with Crippen LogP contribution in [0.1, 0.15) is 84.7 Å². The summed E-state index contributed by atoms with van der Waals surface area (Å²) in [6, 6.07) is 8.94. The van der Waals surface area contributed by atoms with Crippen molar-refractivity contribution in [2.24, 2.45) is 5.92 Å². The van der Waals surface area contributed by atoms with Crippen LogP contribution in [0.2, 0.25) is 0 Å². The number of carbonyl (C=O) groups is 3. The number of nitrogens with one attached hydrogen (secondary N) is 2. The molecule has 0 aromatic heterocycles. The van der Waals surface area contributed by atoms with Gasteiger partial charge in [0, 0.05) is 49.2 Å². The molecule has 1 aliphatic carbocycles. The normalized spacial score (nSPS) is 26.6. The zero-order valence-corrected chi connectivity index (χ0v) is 22.4. The highest BCUT2D eigenvalue weighted by Crippen LogP contribution is 2.39. The Balaban J connectivity index is 1.25. The van der Waals surface area contributed by atoms with E-state index in [1.54, 1.807) is 0 Å². The first-order chi connectivity index (χ1) is 17.1. The first-order valence-corrected chi connectivity index (χ1v) is 13.5. The Morgan fingerprint density at radius 2 is 1.69 bits per heavy atom. The van der Waals surface area contributed by atoms with E-state index in [9.17, 15) is 14.4 Å². The van der Waals surface area contributed by atoms with Gasteiger partial charge in [-0.25, -0.2) is 4.79 Å². The second-order valence-electron chi connectivity index (χ2n) is 11.6. The van der Waals surface area contributed by atoms with Gasteiger partial charge in [0.05, 0.1) is 6.04 Å². The molecule has 3 aliphatic rings. The van der Waals surface area contributed by atoms with Crippen molar-refractivity contribution in [1.82, 2.24) is 15.5 Å². The minimum atomic E-state index is -0.528. The number of carbonyl (C=O) groups excluding carboxylic acids is 3. The minimum absolute atomic E-state index is 0.0330. The molecule has 0 unspecified atom stereocenters. The monoisotopic (exact) mass is 498 g/mol. The average Bonchev–Trinajstić information content (AvgIpc) is 2.80. The fourth-order valence-electron chi connectivity index (χ4n) is 5.79. The van der Waals surface area contributed by atoms with Gasteiger partial charge in [-0.2, -0.15) is 0 Å². The molecule has 1 saturated heterocycles. The van der Waals surface area contributed by atoms with Crippen LogP contribution in [0, 0.1) is 5.92 Å². The number of ether oxygens (including phenoxy) is 1. The molecule has 8 nitrogen and oxygen atoms in total. The Morgan fingerprint density at radius 1 is 1.03 bits per heavy atom. The highest BCUT2D eigenvalue weighted by molar-refractivity contribution is 5.95. The van der Waals surface area contributed by atoms with Crippen molar-refractivity contribution in [3.63, 3.8) is 0 Å². The summed E-state index contributed by atoms with van der Waals surface area (Å²) < 4.78 is 5.30. The van der Waals surface area contributed by atoms with Crippen LogP contribution in [-0.4, -0.2) is 59.6 Å². The van der Waals surface area contributed by atoms with Gasteiger partial charge in [0.25, 0.3) is 0 Å². The van der Waals surface area contributed by atoms with Crippen molar-refractivity contribution < 1.29 is 19.1 Å². The van der Waals surface area contributed by atoms with Crippen LogP contribution in [0.4, 0.5) is 10.5 Å². The lowest BCUT2D eigenvalue weighted by Gasteiger charge is -2.43. The molecule has 198 valence electrons. The summed E-state index contributed by atoms with van der Waals surface area (Å²) >= 11 is 0. The fraction of sp³-hybridized carbons (Fsp3) is 0.679. The predicted octanol–water partition coefficient (Wildman–Crippen LogP) is 4.15. The highest BCUT2D eigenvalue weighted by Gasteiger charge is 2.39. The lowest BCUT2D eigenvalue weighted by atomic mass is 9.83. The SMILES string of the molecule is CCC(=O)N1c2ccccc2[C@H](NC2CCC(C(=O)N3CC(NC(=O)OC(C)(C)C)C3)CC2)C[C@@H]1C. The third kappa shape index (κ3) is 6.02. The summed E-state index contributed by atoms with van der Waals surface area (Å²) in [5.74, 6) is 0.434. The number of likely N-dealkylation sites (tertiary alicyclic amines) is 1. The van der Waals surface area contributed by atoms with Crippen LogP contribution in [0.5, 0.6) is 0 Å². The largest absolute Gasteiger partial charge is 0.444 e. The Morgan fingerprint density at radius 3 is 2.33 bits per heavy atom. The van der Waals surface area contributed by atoms with E-state index in [1.165, 1.54) is 5.56 Å². The summed E-state index contributed by atoms with van der Waals surface area (Å²) in [7, 11) is 0. The molecular weight excluding hydrogens is 456 g/mol. The third-order valence-corrected chi connectivity index (χ3v) is 7.59. The van der Waals surface area contributed by atoms with Gasteiger partial charge in [0.2, 0.25) is 11.8 Å². The van der Waals surface area contributed by atoms with E-state index in [0.717, 1.165) is 37.8 Å².